The van der Waals surface area contributed by atoms with Crippen LogP contribution in [0.4, 0.5) is 4.79 Å². The third-order valence-electron chi connectivity index (χ3n) is 7.41. The quantitative estimate of drug-likeness (QED) is 0.470. The minimum Gasteiger partial charge on any atom is -0.480 e. The maximum Gasteiger partial charge on any atom is 0.407 e. The van der Waals surface area contributed by atoms with Crippen molar-refractivity contribution in [2.24, 2.45) is 5.41 Å². The molecule has 0 aromatic heterocycles. The van der Waals surface area contributed by atoms with Gasteiger partial charge in [0, 0.05) is 18.5 Å². The number of alkyl carbamates (subject to hydrolysis) is 1. The van der Waals surface area contributed by atoms with E-state index in [1.165, 1.54) is 4.90 Å². The molecule has 7 heteroatoms. The molecular formula is C28H36N2O5. The number of ether oxygens (including phenoxy) is 1. The van der Waals surface area contributed by atoms with Crippen LogP contribution in [-0.4, -0.2) is 53.7 Å². The zero-order chi connectivity index (χ0) is 25.6. The predicted octanol–water partition coefficient (Wildman–Crippen LogP) is 5.04. The molecule has 0 heterocycles. The van der Waals surface area contributed by atoms with E-state index in [1.54, 1.807) is 0 Å². The van der Waals surface area contributed by atoms with Gasteiger partial charge in [-0.3, -0.25) is 9.59 Å². The smallest absolute Gasteiger partial charge is 0.407 e. The molecular weight excluding hydrogens is 444 g/mol. The highest BCUT2D eigenvalue weighted by Gasteiger charge is 2.40. The van der Waals surface area contributed by atoms with Crippen LogP contribution in [0.2, 0.25) is 0 Å². The van der Waals surface area contributed by atoms with Gasteiger partial charge in [-0.1, -0.05) is 69.3 Å². The fraction of sp³-hybridized carbons (Fsp3) is 0.464. The molecule has 0 aliphatic heterocycles. The number of carboxylic acids is 1. The lowest BCUT2D eigenvalue weighted by Gasteiger charge is -2.38. The highest BCUT2D eigenvalue weighted by Crippen LogP contribution is 2.44. The van der Waals surface area contributed by atoms with Crippen LogP contribution in [0.3, 0.4) is 0 Å². The summed E-state index contributed by atoms with van der Waals surface area (Å²) in [5, 5.41) is 12.1. The molecule has 1 unspecified atom stereocenters. The molecule has 0 radical (unpaired) electrons. The number of hydrogen-bond acceptors (Lipinski definition) is 4. The predicted molar refractivity (Wildman–Crippen MR) is 135 cm³/mol. The van der Waals surface area contributed by atoms with Crippen LogP contribution in [0, 0.1) is 5.41 Å². The van der Waals surface area contributed by atoms with Crippen LogP contribution in [0.15, 0.2) is 48.5 Å². The number of carbonyl (C=O) groups excluding carboxylic acids is 2. The first-order chi connectivity index (χ1) is 16.8. The van der Waals surface area contributed by atoms with Crippen molar-refractivity contribution in [1.82, 2.24) is 10.2 Å². The van der Waals surface area contributed by atoms with Gasteiger partial charge in [0.2, 0.25) is 5.91 Å². The number of nitrogens with one attached hydrogen (secondary N) is 1. The van der Waals surface area contributed by atoms with Crippen molar-refractivity contribution >= 4 is 18.0 Å². The second-order valence-electron chi connectivity index (χ2n) is 9.25. The third kappa shape index (κ3) is 5.50. The summed E-state index contributed by atoms with van der Waals surface area (Å²) in [6, 6.07) is 16.0. The van der Waals surface area contributed by atoms with Crippen molar-refractivity contribution in [3.63, 3.8) is 0 Å². The van der Waals surface area contributed by atoms with Crippen LogP contribution < -0.4 is 5.32 Å². The normalized spacial score (nSPS) is 13.5. The van der Waals surface area contributed by atoms with Crippen LogP contribution in [0.1, 0.15) is 64.0 Å². The fourth-order valence-electron chi connectivity index (χ4n) is 4.87. The van der Waals surface area contributed by atoms with E-state index in [1.807, 2.05) is 52.0 Å². The van der Waals surface area contributed by atoms with E-state index in [0.29, 0.717) is 19.3 Å². The van der Waals surface area contributed by atoms with Gasteiger partial charge in [-0.25, -0.2) is 4.79 Å². The number of benzene rings is 2. The maximum atomic E-state index is 13.5. The lowest BCUT2D eigenvalue weighted by molar-refractivity contribution is -0.152. The highest BCUT2D eigenvalue weighted by atomic mass is 16.5. The number of amides is 2. The Labute approximate surface area is 207 Å². The Balaban J connectivity index is 1.68. The molecule has 2 N–H and O–H groups in total. The van der Waals surface area contributed by atoms with E-state index in [0.717, 1.165) is 22.3 Å². The first-order valence-corrected chi connectivity index (χ1v) is 12.4. The largest absolute Gasteiger partial charge is 0.480 e. The summed E-state index contributed by atoms with van der Waals surface area (Å²) in [5.74, 6) is -1.35. The number of carboxylic acid groups (broad SMARTS) is 1. The van der Waals surface area contributed by atoms with E-state index in [2.05, 4.69) is 29.6 Å². The van der Waals surface area contributed by atoms with E-state index in [9.17, 15) is 19.5 Å². The van der Waals surface area contributed by atoms with E-state index < -0.39 is 17.5 Å². The molecule has 0 fully saturated rings. The summed E-state index contributed by atoms with van der Waals surface area (Å²) < 4.78 is 5.63. The van der Waals surface area contributed by atoms with Crippen molar-refractivity contribution < 1.29 is 24.2 Å². The highest BCUT2D eigenvalue weighted by molar-refractivity contribution is 5.87. The molecule has 35 heavy (non-hydrogen) atoms. The number of aliphatic carboxylic acids is 1. The Morgan fingerprint density at radius 3 is 2.03 bits per heavy atom. The molecule has 7 nitrogen and oxygen atoms in total. The summed E-state index contributed by atoms with van der Waals surface area (Å²) in [7, 11) is 0. The Morgan fingerprint density at radius 2 is 1.54 bits per heavy atom. The summed E-state index contributed by atoms with van der Waals surface area (Å²) in [4.78, 5) is 39.0. The van der Waals surface area contributed by atoms with Crippen molar-refractivity contribution in [2.45, 2.75) is 58.9 Å². The zero-order valence-corrected chi connectivity index (χ0v) is 21.0. The minimum atomic E-state index is -1.05. The molecule has 2 aromatic rings. The van der Waals surface area contributed by atoms with Crippen LogP contribution in [0.25, 0.3) is 11.1 Å². The Bertz CT molecular complexity index is 1020. The van der Waals surface area contributed by atoms with Gasteiger partial charge in [-0.05, 0) is 48.4 Å². The monoisotopic (exact) mass is 480 g/mol. The van der Waals surface area contributed by atoms with E-state index in [4.69, 9.17) is 4.74 Å². The average Bonchev–Trinajstić information content (AvgIpc) is 3.19. The van der Waals surface area contributed by atoms with Crippen molar-refractivity contribution in [1.29, 1.82) is 0 Å². The fourth-order valence-corrected chi connectivity index (χ4v) is 4.87. The van der Waals surface area contributed by atoms with Crippen molar-refractivity contribution in [2.75, 3.05) is 19.7 Å². The molecule has 1 aliphatic rings. The van der Waals surface area contributed by atoms with Crippen LogP contribution in [0.5, 0.6) is 0 Å². The molecule has 1 atom stereocenters. The SMILES string of the molecule is CCC(C)N(CC(=O)O)C(=O)C(CC)(CC)CNC(=O)OCC1c2ccccc2-c2ccccc21. The first kappa shape index (κ1) is 26.3. The molecule has 3 rings (SSSR count). The zero-order valence-electron chi connectivity index (χ0n) is 21.0. The lowest BCUT2D eigenvalue weighted by atomic mass is 9.80. The van der Waals surface area contributed by atoms with Gasteiger partial charge < -0.3 is 20.1 Å². The topological polar surface area (TPSA) is 95.9 Å². The Hall–Kier alpha value is -3.35. The van der Waals surface area contributed by atoms with Gasteiger partial charge in [0.15, 0.2) is 0 Å². The summed E-state index contributed by atoms with van der Waals surface area (Å²) in [6.45, 7) is 7.45. The molecule has 2 aromatic carbocycles. The Morgan fingerprint density at radius 1 is 1.00 bits per heavy atom. The number of rotatable bonds is 11. The van der Waals surface area contributed by atoms with Gasteiger partial charge in [0.25, 0.3) is 0 Å². The number of carbonyl (C=O) groups is 3. The van der Waals surface area contributed by atoms with E-state index >= 15 is 0 Å². The summed E-state index contributed by atoms with van der Waals surface area (Å²) in [6.07, 6.45) is 0.999. The lowest BCUT2D eigenvalue weighted by Crippen LogP contribution is -2.53. The van der Waals surface area contributed by atoms with Gasteiger partial charge in [0.05, 0.1) is 5.41 Å². The minimum absolute atomic E-state index is 0.0478. The number of hydrogen-bond donors (Lipinski definition) is 2. The second-order valence-corrected chi connectivity index (χ2v) is 9.25. The van der Waals surface area contributed by atoms with Gasteiger partial charge in [-0.2, -0.15) is 0 Å². The molecule has 0 bridgehead atoms. The molecule has 1 aliphatic carbocycles. The molecule has 0 saturated carbocycles. The Kier molecular flexibility index (Phi) is 8.54. The number of nitrogens with zero attached hydrogens (tertiary/aromatic N) is 1. The van der Waals surface area contributed by atoms with E-state index in [-0.39, 0.29) is 37.6 Å². The van der Waals surface area contributed by atoms with Gasteiger partial charge in [0.1, 0.15) is 13.2 Å². The molecule has 188 valence electrons. The molecule has 2 amide bonds. The molecule has 0 saturated heterocycles. The second kappa shape index (κ2) is 11.4. The average molecular weight is 481 g/mol. The number of fused-ring (bicyclic) bond motifs is 3. The first-order valence-electron chi connectivity index (χ1n) is 12.4. The molecule has 0 spiro atoms. The van der Waals surface area contributed by atoms with Crippen molar-refractivity contribution in [3.8, 4) is 11.1 Å². The summed E-state index contributed by atoms with van der Waals surface area (Å²) in [5.41, 5.74) is 3.67. The third-order valence-corrected chi connectivity index (χ3v) is 7.41. The van der Waals surface area contributed by atoms with Crippen molar-refractivity contribution in [3.05, 3.63) is 59.7 Å². The maximum absolute atomic E-state index is 13.5. The van der Waals surface area contributed by atoms with Crippen LogP contribution >= 0.6 is 0 Å². The van der Waals surface area contributed by atoms with Gasteiger partial charge >= 0.3 is 12.1 Å². The summed E-state index contributed by atoms with van der Waals surface area (Å²) >= 11 is 0. The van der Waals surface area contributed by atoms with Crippen LogP contribution in [-0.2, 0) is 14.3 Å². The standard InChI is InChI=1S/C28H36N2O5/c1-5-19(4)30(16-25(31)32)26(33)28(6-2,7-3)18-29-27(34)35-17-24-22-14-10-8-12-20(22)21-13-9-11-15-23(21)24/h8-15,19,24H,5-7,16-18H2,1-4H3,(H,29,34)(H,31,32). The van der Waals surface area contributed by atoms with Gasteiger partial charge in [-0.15, -0.1) is 0 Å².